The van der Waals surface area contributed by atoms with Crippen LogP contribution in [0.5, 0.6) is 0 Å². The summed E-state index contributed by atoms with van der Waals surface area (Å²) >= 11 is 0. The van der Waals surface area contributed by atoms with Gasteiger partial charge in [0.05, 0.1) is 6.54 Å². The second-order valence-corrected chi connectivity index (χ2v) is 5.55. The van der Waals surface area contributed by atoms with Gasteiger partial charge in [-0.05, 0) is 12.5 Å². The number of aromatic amines is 1. The lowest BCUT2D eigenvalue weighted by Crippen LogP contribution is -2.40. The van der Waals surface area contributed by atoms with Crippen LogP contribution in [0, 0.1) is 0 Å². The maximum atomic E-state index is 13.8. The summed E-state index contributed by atoms with van der Waals surface area (Å²) in [5.41, 5.74) is 0.408. The monoisotopic (exact) mass is 306 g/mol. The number of aryl methyl sites for hydroxylation is 1. The fraction of sp³-hybridized carbons (Fsp3) is 0.500. The molecule has 3 heterocycles. The van der Waals surface area contributed by atoms with Crippen LogP contribution in [0.1, 0.15) is 22.7 Å². The predicted octanol–water partition coefficient (Wildman–Crippen LogP) is 0.486. The third-order valence-electron chi connectivity index (χ3n) is 3.99. The minimum Gasteiger partial charge on any atom is -0.349 e. The Bertz CT molecular complexity index is 625. The molecule has 0 bridgehead atoms. The molecule has 1 aliphatic heterocycles. The van der Waals surface area contributed by atoms with Crippen LogP contribution in [-0.2, 0) is 13.6 Å². The molecule has 2 aromatic rings. The normalized spacial score (nSPS) is 22.1. The summed E-state index contributed by atoms with van der Waals surface area (Å²) in [5, 5.41) is 9.18. The zero-order chi connectivity index (χ0) is 15.5. The molecule has 3 rings (SSSR count). The van der Waals surface area contributed by atoms with E-state index in [0.29, 0.717) is 31.7 Å². The predicted molar refractivity (Wildman–Crippen MR) is 77.8 cm³/mol. The van der Waals surface area contributed by atoms with Gasteiger partial charge in [-0.2, -0.15) is 5.10 Å². The Kier molecular flexibility index (Phi) is 4.19. The smallest absolute Gasteiger partial charge is 0.269 e. The van der Waals surface area contributed by atoms with Crippen LogP contribution < -0.4 is 5.32 Å². The van der Waals surface area contributed by atoms with Crippen LogP contribution in [0.3, 0.4) is 0 Å². The number of hydrogen-bond donors (Lipinski definition) is 2. The van der Waals surface area contributed by atoms with Crippen LogP contribution in [0.4, 0.5) is 4.39 Å². The second-order valence-electron chi connectivity index (χ2n) is 5.55. The first kappa shape index (κ1) is 14.7. The molecule has 0 aliphatic carbocycles. The first-order valence-electron chi connectivity index (χ1n) is 7.25. The first-order chi connectivity index (χ1) is 10.6. The van der Waals surface area contributed by atoms with E-state index in [1.165, 1.54) is 6.20 Å². The third kappa shape index (κ3) is 3.16. The summed E-state index contributed by atoms with van der Waals surface area (Å²) in [6.07, 6.45) is 4.68. The van der Waals surface area contributed by atoms with Crippen LogP contribution >= 0.6 is 0 Å². The van der Waals surface area contributed by atoms with Gasteiger partial charge in [0.2, 0.25) is 0 Å². The Hall–Kier alpha value is -2.22. The highest BCUT2D eigenvalue weighted by Crippen LogP contribution is 2.21. The van der Waals surface area contributed by atoms with E-state index in [1.54, 1.807) is 12.3 Å². The average molecular weight is 306 g/mol. The molecule has 2 aromatic heterocycles. The Morgan fingerprint density at radius 3 is 3.09 bits per heavy atom. The molecule has 0 spiro atoms. The Morgan fingerprint density at radius 2 is 2.41 bits per heavy atom. The number of imidazole rings is 1. The van der Waals surface area contributed by atoms with E-state index < -0.39 is 6.17 Å². The van der Waals surface area contributed by atoms with Gasteiger partial charge < -0.3 is 9.88 Å². The summed E-state index contributed by atoms with van der Waals surface area (Å²) in [7, 11) is 1.92. The Labute approximate surface area is 127 Å². The number of nitrogens with zero attached hydrogens (tertiary/aromatic N) is 4. The van der Waals surface area contributed by atoms with Gasteiger partial charge in [-0.1, -0.05) is 0 Å². The lowest BCUT2D eigenvalue weighted by molar-refractivity contribution is 0.0934. The Morgan fingerprint density at radius 1 is 1.55 bits per heavy atom. The van der Waals surface area contributed by atoms with Crippen molar-refractivity contribution in [2.45, 2.75) is 25.2 Å². The van der Waals surface area contributed by atoms with Crippen LogP contribution in [0.25, 0.3) is 0 Å². The van der Waals surface area contributed by atoms with E-state index in [9.17, 15) is 9.18 Å². The topological polar surface area (TPSA) is 78.8 Å². The van der Waals surface area contributed by atoms with Gasteiger partial charge in [-0.15, -0.1) is 0 Å². The van der Waals surface area contributed by atoms with Crippen LogP contribution in [0.15, 0.2) is 24.7 Å². The van der Waals surface area contributed by atoms with Crippen molar-refractivity contribution < 1.29 is 9.18 Å². The van der Waals surface area contributed by atoms with Gasteiger partial charge in [-0.25, -0.2) is 9.37 Å². The quantitative estimate of drug-likeness (QED) is 0.842. The van der Waals surface area contributed by atoms with E-state index in [0.717, 1.165) is 5.82 Å². The number of hydrogen-bond acceptors (Lipinski definition) is 4. The van der Waals surface area contributed by atoms with Gasteiger partial charge in [0, 0.05) is 44.8 Å². The van der Waals surface area contributed by atoms with E-state index >= 15 is 0 Å². The fourth-order valence-corrected chi connectivity index (χ4v) is 2.75. The highest BCUT2D eigenvalue weighted by molar-refractivity contribution is 5.92. The number of halogens is 1. The van der Waals surface area contributed by atoms with Gasteiger partial charge in [-0.3, -0.25) is 14.8 Å². The number of alkyl halides is 1. The first-order valence-corrected chi connectivity index (χ1v) is 7.25. The fourth-order valence-electron chi connectivity index (χ4n) is 2.75. The summed E-state index contributed by atoms with van der Waals surface area (Å²) < 4.78 is 15.7. The molecular weight excluding hydrogens is 287 g/mol. The molecule has 0 radical (unpaired) electrons. The van der Waals surface area contributed by atoms with E-state index in [-0.39, 0.29) is 11.9 Å². The summed E-state index contributed by atoms with van der Waals surface area (Å²) in [5.74, 6) is 0.663. The average Bonchev–Trinajstić information content (AvgIpc) is 3.20. The molecule has 1 saturated heterocycles. The van der Waals surface area contributed by atoms with Gasteiger partial charge in [0.15, 0.2) is 0 Å². The molecule has 7 nitrogen and oxygen atoms in total. The molecule has 22 heavy (non-hydrogen) atoms. The molecule has 0 unspecified atom stereocenters. The highest BCUT2D eigenvalue weighted by Gasteiger charge is 2.32. The maximum absolute atomic E-state index is 13.8. The number of amides is 1. The Balaban J connectivity index is 1.59. The highest BCUT2D eigenvalue weighted by atomic mass is 19.1. The number of carbonyl (C=O) groups is 1. The zero-order valence-corrected chi connectivity index (χ0v) is 12.4. The van der Waals surface area contributed by atoms with E-state index in [4.69, 9.17) is 0 Å². The van der Waals surface area contributed by atoms with Gasteiger partial charge in [0.25, 0.3) is 5.91 Å². The zero-order valence-electron chi connectivity index (χ0n) is 12.4. The van der Waals surface area contributed by atoms with Gasteiger partial charge >= 0.3 is 0 Å². The summed E-state index contributed by atoms with van der Waals surface area (Å²) in [4.78, 5) is 18.2. The minimum absolute atomic E-state index is 0.0291. The standard InChI is InChI=1S/C14H19FN6O/c1-20-5-4-16-13(20)9-21-8-10(15)6-11(21)7-17-14(22)12-2-3-18-19-12/h2-5,10-11H,6-9H2,1H3,(H,17,22)(H,18,19)/t10-,11-/m0/s1. The molecule has 1 amide bonds. The lowest BCUT2D eigenvalue weighted by Gasteiger charge is -2.23. The minimum atomic E-state index is -0.866. The van der Waals surface area contributed by atoms with E-state index in [1.807, 2.05) is 22.7 Å². The lowest BCUT2D eigenvalue weighted by atomic mass is 10.2. The van der Waals surface area contributed by atoms with Crippen molar-refractivity contribution >= 4 is 5.91 Å². The molecule has 1 aliphatic rings. The van der Waals surface area contributed by atoms with Crippen molar-refractivity contribution in [1.82, 2.24) is 30.0 Å². The molecule has 2 N–H and O–H groups in total. The summed E-state index contributed by atoms with van der Waals surface area (Å²) in [6.45, 7) is 1.36. The van der Waals surface area contributed by atoms with E-state index in [2.05, 4.69) is 20.5 Å². The molecule has 118 valence electrons. The second kappa shape index (κ2) is 6.27. The number of aromatic nitrogens is 4. The number of likely N-dealkylation sites (tertiary alicyclic amines) is 1. The third-order valence-corrected chi connectivity index (χ3v) is 3.99. The molecule has 2 atom stereocenters. The largest absolute Gasteiger partial charge is 0.349 e. The number of nitrogens with one attached hydrogen (secondary N) is 2. The van der Waals surface area contributed by atoms with Crippen molar-refractivity contribution in [3.05, 3.63) is 36.2 Å². The number of rotatable bonds is 5. The van der Waals surface area contributed by atoms with Crippen molar-refractivity contribution in [2.75, 3.05) is 13.1 Å². The molecular formula is C14H19FN6O. The summed E-state index contributed by atoms with van der Waals surface area (Å²) in [6, 6.07) is 1.58. The van der Waals surface area contributed by atoms with Crippen molar-refractivity contribution in [1.29, 1.82) is 0 Å². The molecule has 1 fully saturated rings. The SMILES string of the molecule is Cn1ccnc1CN1C[C@@H](F)C[C@H]1CNC(=O)c1ccn[nH]1. The maximum Gasteiger partial charge on any atom is 0.269 e. The molecule has 8 heteroatoms. The molecule has 0 saturated carbocycles. The number of carbonyl (C=O) groups excluding carboxylic acids is 1. The molecule has 0 aromatic carbocycles. The van der Waals surface area contributed by atoms with Crippen molar-refractivity contribution in [2.24, 2.45) is 7.05 Å². The van der Waals surface area contributed by atoms with Crippen molar-refractivity contribution in [3.63, 3.8) is 0 Å². The van der Waals surface area contributed by atoms with Crippen LogP contribution in [0.2, 0.25) is 0 Å². The number of H-pyrrole nitrogens is 1. The van der Waals surface area contributed by atoms with Gasteiger partial charge in [0.1, 0.15) is 17.7 Å². The van der Waals surface area contributed by atoms with Crippen LogP contribution in [-0.4, -0.2) is 55.9 Å². The van der Waals surface area contributed by atoms with Crippen molar-refractivity contribution in [3.8, 4) is 0 Å².